The predicted octanol–water partition coefficient (Wildman–Crippen LogP) is 1.52. The minimum atomic E-state index is -0.991. The van der Waals surface area contributed by atoms with Crippen molar-refractivity contribution in [1.29, 1.82) is 0 Å². The number of nitrogens with one attached hydrogen (secondary N) is 2. The summed E-state index contributed by atoms with van der Waals surface area (Å²) in [6.07, 6.45) is 2.01. The van der Waals surface area contributed by atoms with E-state index in [4.69, 9.17) is 5.11 Å². The number of hydrogen-bond acceptors (Lipinski definition) is 3. The van der Waals surface area contributed by atoms with Gasteiger partial charge in [0, 0.05) is 12.6 Å². The fourth-order valence-electron chi connectivity index (χ4n) is 2.12. The quantitative estimate of drug-likeness (QED) is 0.600. The predicted molar refractivity (Wildman–Crippen MR) is 79.8 cm³/mol. The Morgan fingerprint density at radius 3 is 2.20 bits per heavy atom. The number of amides is 2. The summed E-state index contributed by atoms with van der Waals surface area (Å²) in [6, 6.07) is -1.21. The normalized spacial score (nSPS) is 14.2. The number of carbonyl (C=O) groups is 2. The molecule has 0 saturated heterocycles. The summed E-state index contributed by atoms with van der Waals surface area (Å²) in [6.45, 7) is 6.82. The molecule has 0 aliphatic heterocycles. The van der Waals surface area contributed by atoms with Crippen molar-refractivity contribution in [1.82, 2.24) is 15.5 Å². The third-order valence-corrected chi connectivity index (χ3v) is 2.86. The van der Waals surface area contributed by atoms with E-state index in [2.05, 4.69) is 24.5 Å². The van der Waals surface area contributed by atoms with E-state index >= 15 is 0 Å². The SMILES string of the molecule is CCC[C@H](NC(=O)NC(CC(C)C)CN(C)C)C(=O)O. The van der Waals surface area contributed by atoms with E-state index in [1.54, 1.807) is 0 Å². The highest BCUT2D eigenvalue weighted by atomic mass is 16.4. The molecule has 0 fully saturated rings. The number of urea groups is 1. The largest absolute Gasteiger partial charge is 0.480 e. The van der Waals surface area contributed by atoms with Crippen LogP contribution in [-0.2, 0) is 4.79 Å². The molecular formula is C14H29N3O3. The van der Waals surface area contributed by atoms with E-state index in [-0.39, 0.29) is 6.04 Å². The molecule has 6 nitrogen and oxygen atoms in total. The van der Waals surface area contributed by atoms with Gasteiger partial charge in [-0.3, -0.25) is 0 Å². The van der Waals surface area contributed by atoms with E-state index in [1.165, 1.54) is 0 Å². The zero-order valence-corrected chi connectivity index (χ0v) is 13.3. The van der Waals surface area contributed by atoms with Crippen molar-refractivity contribution in [2.45, 2.75) is 52.1 Å². The lowest BCUT2D eigenvalue weighted by molar-refractivity contribution is -0.139. The van der Waals surface area contributed by atoms with Gasteiger partial charge in [-0.15, -0.1) is 0 Å². The Bertz CT molecular complexity index is 296. The number of nitrogens with zero attached hydrogens (tertiary/aromatic N) is 1. The van der Waals surface area contributed by atoms with Gasteiger partial charge in [0.15, 0.2) is 0 Å². The minimum absolute atomic E-state index is 0.0149. The Kier molecular flexibility index (Phi) is 8.96. The molecule has 0 rings (SSSR count). The van der Waals surface area contributed by atoms with Crippen LogP contribution in [0.15, 0.2) is 0 Å². The smallest absolute Gasteiger partial charge is 0.326 e. The van der Waals surface area contributed by atoms with Crippen LogP contribution in [0.25, 0.3) is 0 Å². The van der Waals surface area contributed by atoms with Gasteiger partial charge < -0.3 is 20.6 Å². The summed E-state index contributed by atoms with van der Waals surface area (Å²) in [5.74, 6) is -0.527. The Morgan fingerprint density at radius 1 is 1.20 bits per heavy atom. The molecule has 0 aliphatic rings. The lowest BCUT2D eigenvalue weighted by Gasteiger charge is -2.25. The zero-order chi connectivity index (χ0) is 15.7. The van der Waals surface area contributed by atoms with Gasteiger partial charge in [0.05, 0.1) is 0 Å². The molecule has 0 saturated carbocycles. The molecule has 0 aromatic heterocycles. The van der Waals surface area contributed by atoms with E-state index in [1.807, 2.05) is 25.9 Å². The van der Waals surface area contributed by atoms with Gasteiger partial charge >= 0.3 is 12.0 Å². The van der Waals surface area contributed by atoms with Crippen LogP contribution in [0.4, 0.5) is 4.79 Å². The van der Waals surface area contributed by atoms with Crippen molar-refractivity contribution in [3.8, 4) is 0 Å². The Hall–Kier alpha value is -1.30. The molecule has 0 aliphatic carbocycles. The summed E-state index contributed by atoms with van der Waals surface area (Å²) >= 11 is 0. The summed E-state index contributed by atoms with van der Waals surface area (Å²) in [7, 11) is 3.90. The van der Waals surface area contributed by atoms with Crippen LogP contribution in [0.1, 0.15) is 40.0 Å². The van der Waals surface area contributed by atoms with Crippen molar-refractivity contribution >= 4 is 12.0 Å². The Labute approximate surface area is 121 Å². The van der Waals surface area contributed by atoms with Crippen LogP contribution in [0.3, 0.4) is 0 Å². The maximum Gasteiger partial charge on any atom is 0.326 e. The molecule has 2 atom stereocenters. The lowest BCUT2D eigenvalue weighted by atomic mass is 10.0. The molecule has 118 valence electrons. The molecule has 2 amide bonds. The maximum atomic E-state index is 11.9. The summed E-state index contributed by atoms with van der Waals surface area (Å²) in [4.78, 5) is 24.9. The number of carboxylic acids is 1. The molecule has 1 unspecified atom stereocenters. The van der Waals surface area contributed by atoms with Gasteiger partial charge in [-0.25, -0.2) is 9.59 Å². The van der Waals surface area contributed by atoms with Gasteiger partial charge in [-0.1, -0.05) is 27.2 Å². The lowest BCUT2D eigenvalue weighted by Crippen LogP contribution is -2.51. The second kappa shape index (κ2) is 9.58. The van der Waals surface area contributed by atoms with Gasteiger partial charge in [0.25, 0.3) is 0 Å². The van der Waals surface area contributed by atoms with Gasteiger partial charge in [-0.2, -0.15) is 0 Å². The van der Waals surface area contributed by atoms with E-state index in [9.17, 15) is 9.59 Å². The molecule has 6 heteroatoms. The first-order valence-electron chi connectivity index (χ1n) is 7.20. The first kappa shape index (κ1) is 18.7. The maximum absolute atomic E-state index is 11.9. The third kappa shape index (κ3) is 8.74. The Balaban J connectivity index is 4.45. The van der Waals surface area contributed by atoms with Crippen molar-refractivity contribution in [2.75, 3.05) is 20.6 Å². The van der Waals surface area contributed by atoms with Gasteiger partial charge in [-0.05, 0) is 32.9 Å². The molecule has 0 radical (unpaired) electrons. The van der Waals surface area contributed by atoms with E-state index < -0.39 is 18.0 Å². The molecule has 0 bridgehead atoms. The number of likely N-dealkylation sites (N-methyl/N-ethyl adjacent to an activating group) is 1. The van der Waals surface area contributed by atoms with Crippen LogP contribution in [0.5, 0.6) is 0 Å². The highest BCUT2D eigenvalue weighted by molar-refractivity contribution is 5.82. The van der Waals surface area contributed by atoms with Gasteiger partial charge in [0.2, 0.25) is 0 Å². The van der Waals surface area contributed by atoms with Crippen LogP contribution >= 0.6 is 0 Å². The molecule has 0 heterocycles. The average Bonchev–Trinajstić information content (AvgIpc) is 2.25. The van der Waals surface area contributed by atoms with E-state index in [0.717, 1.165) is 13.0 Å². The minimum Gasteiger partial charge on any atom is -0.480 e. The van der Waals surface area contributed by atoms with Gasteiger partial charge in [0.1, 0.15) is 6.04 Å². The molecule has 0 spiro atoms. The van der Waals surface area contributed by atoms with E-state index in [0.29, 0.717) is 18.8 Å². The summed E-state index contributed by atoms with van der Waals surface area (Å²) in [5.41, 5.74) is 0. The fourth-order valence-corrected chi connectivity index (χ4v) is 2.12. The van der Waals surface area contributed by atoms with Crippen LogP contribution < -0.4 is 10.6 Å². The number of carboxylic acid groups (broad SMARTS) is 1. The molecule has 20 heavy (non-hydrogen) atoms. The summed E-state index contributed by atoms with van der Waals surface area (Å²) in [5, 5.41) is 14.4. The molecule has 0 aromatic carbocycles. The fraction of sp³-hybridized carbons (Fsp3) is 0.857. The first-order valence-corrected chi connectivity index (χ1v) is 7.20. The van der Waals surface area contributed by atoms with Crippen LogP contribution in [0.2, 0.25) is 0 Å². The molecule has 3 N–H and O–H groups in total. The second-order valence-electron chi connectivity index (χ2n) is 5.89. The van der Waals surface area contributed by atoms with Crippen molar-refractivity contribution in [3.63, 3.8) is 0 Å². The van der Waals surface area contributed by atoms with Crippen molar-refractivity contribution < 1.29 is 14.7 Å². The van der Waals surface area contributed by atoms with Crippen LogP contribution in [-0.4, -0.2) is 54.7 Å². The number of rotatable bonds is 9. The topological polar surface area (TPSA) is 81.7 Å². The van der Waals surface area contributed by atoms with Crippen molar-refractivity contribution in [2.24, 2.45) is 5.92 Å². The number of aliphatic carboxylic acids is 1. The third-order valence-electron chi connectivity index (χ3n) is 2.86. The molecule has 0 aromatic rings. The average molecular weight is 287 g/mol. The summed E-state index contributed by atoms with van der Waals surface area (Å²) < 4.78 is 0. The monoisotopic (exact) mass is 287 g/mol. The first-order chi connectivity index (χ1) is 9.26. The second-order valence-corrected chi connectivity index (χ2v) is 5.89. The Morgan fingerprint density at radius 2 is 1.80 bits per heavy atom. The number of hydrogen-bond donors (Lipinski definition) is 3. The van der Waals surface area contributed by atoms with Crippen LogP contribution in [0, 0.1) is 5.92 Å². The number of carbonyl (C=O) groups excluding carboxylic acids is 1. The highest BCUT2D eigenvalue weighted by Gasteiger charge is 2.21. The molecular weight excluding hydrogens is 258 g/mol. The zero-order valence-electron chi connectivity index (χ0n) is 13.3. The van der Waals surface area contributed by atoms with Crippen molar-refractivity contribution in [3.05, 3.63) is 0 Å². The standard InChI is InChI=1S/C14H29N3O3/c1-6-7-12(13(18)19)16-14(20)15-11(8-10(2)3)9-17(4)5/h10-12H,6-9H2,1-5H3,(H,18,19)(H2,15,16,20)/t11?,12-/m0/s1. The highest BCUT2D eigenvalue weighted by Crippen LogP contribution is 2.06.